The van der Waals surface area contributed by atoms with E-state index in [0.717, 1.165) is 35.9 Å². The van der Waals surface area contributed by atoms with Gasteiger partial charge in [0.2, 0.25) is 0 Å². The van der Waals surface area contributed by atoms with Crippen LogP contribution in [0.1, 0.15) is 25.3 Å². The van der Waals surface area contributed by atoms with Crippen LogP contribution in [0.3, 0.4) is 0 Å². The second-order valence-corrected chi connectivity index (χ2v) is 5.98. The fourth-order valence-electron chi connectivity index (χ4n) is 3.39. The van der Waals surface area contributed by atoms with Crippen LogP contribution in [0.2, 0.25) is 0 Å². The summed E-state index contributed by atoms with van der Waals surface area (Å²) < 4.78 is 13.8. The topological polar surface area (TPSA) is 36.4 Å². The third-order valence-corrected chi connectivity index (χ3v) is 4.54. The molecule has 1 aliphatic heterocycles. The van der Waals surface area contributed by atoms with E-state index in [1.54, 1.807) is 12.3 Å². The molecule has 21 heavy (non-hydrogen) atoms. The summed E-state index contributed by atoms with van der Waals surface area (Å²) >= 11 is 0. The number of aliphatic hydroxyl groups excluding tert-OH is 1. The number of hydrogen-bond acceptors (Lipinski definition) is 3. The molecule has 3 nitrogen and oxygen atoms in total. The molecule has 1 aromatic carbocycles. The van der Waals surface area contributed by atoms with E-state index in [9.17, 15) is 9.50 Å². The maximum Gasteiger partial charge on any atom is 0.124 e. The molecule has 1 N–H and O–H groups in total. The molecule has 0 saturated carbocycles. The number of likely N-dealkylation sites (tertiary alicyclic amines) is 1. The highest BCUT2D eigenvalue weighted by atomic mass is 19.1. The second kappa shape index (κ2) is 6.08. The maximum atomic E-state index is 13.8. The van der Waals surface area contributed by atoms with Crippen LogP contribution in [0.5, 0.6) is 0 Å². The number of piperidine rings is 1. The number of aliphatic hydroxyl groups is 1. The molecule has 0 amide bonds. The number of benzene rings is 1. The molecule has 1 aromatic heterocycles. The van der Waals surface area contributed by atoms with E-state index in [2.05, 4.69) is 16.8 Å². The lowest BCUT2D eigenvalue weighted by molar-refractivity contribution is 0.0474. The summed E-state index contributed by atoms with van der Waals surface area (Å²) in [4.78, 5) is 6.66. The number of hydrogen-bond donors (Lipinski definition) is 1. The van der Waals surface area contributed by atoms with E-state index < -0.39 is 0 Å². The second-order valence-electron chi connectivity index (χ2n) is 5.98. The zero-order valence-corrected chi connectivity index (χ0v) is 12.3. The molecule has 2 heterocycles. The van der Waals surface area contributed by atoms with Gasteiger partial charge in [0.05, 0.1) is 12.1 Å². The van der Waals surface area contributed by atoms with Crippen molar-refractivity contribution in [1.29, 1.82) is 0 Å². The first-order chi connectivity index (χ1) is 10.2. The first-order valence-corrected chi connectivity index (χ1v) is 7.57. The summed E-state index contributed by atoms with van der Waals surface area (Å²) in [5.41, 5.74) is 1.76. The molecule has 0 aliphatic carbocycles. The van der Waals surface area contributed by atoms with Crippen molar-refractivity contribution >= 4 is 10.9 Å². The highest BCUT2D eigenvalue weighted by molar-refractivity contribution is 5.81. The molecule has 0 unspecified atom stereocenters. The SMILES string of the molecule is C[C@H]1CCCN(Cc2cc(F)cc3cccnc23)[C@@H]1CO. The van der Waals surface area contributed by atoms with E-state index in [-0.39, 0.29) is 18.5 Å². The molecule has 1 aliphatic rings. The first-order valence-electron chi connectivity index (χ1n) is 7.57. The average Bonchev–Trinajstić information content (AvgIpc) is 2.47. The van der Waals surface area contributed by atoms with Crippen molar-refractivity contribution in [2.45, 2.75) is 32.4 Å². The van der Waals surface area contributed by atoms with Crippen molar-refractivity contribution in [3.8, 4) is 0 Å². The monoisotopic (exact) mass is 288 g/mol. The zero-order valence-electron chi connectivity index (χ0n) is 12.3. The van der Waals surface area contributed by atoms with Crippen molar-refractivity contribution in [3.05, 3.63) is 41.8 Å². The number of rotatable bonds is 3. The van der Waals surface area contributed by atoms with Gasteiger partial charge in [-0.3, -0.25) is 9.88 Å². The van der Waals surface area contributed by atoms with Gasteiger partial charge < -0.3 is 5.11 Å². The summed E-state index contributed by atoms with van der Waals surface area (Å²) in [7, 11) is 0. The lowest BCUT2D eigenvalue weighted by Crippen LogP contribution is -2.46. The average molecular weight is 288 g/mol. The molecule has 4 heteroatoms. The van der Waals surface area contributed by atoms with E-state index in [1.165, 1.54) is 6.07 Å². The third kappa shape index (κ3) is 2.92. The van der Waals surface area contributed by atoms with Gasteiger partial charge in [-0.25, -0.2) is 4.39 Å². The van der Waals surface area contributed by atoms with Crippen LogP contribution in [0.15, 0.2) is 30.5 Å². The number of halogens is 1. The Morgan fingerprint density at radius 1 is 1.43 bits per heavy atom. The van der Waals surface area contributed by atoms with E-state index in [0.29, 0.717) is 12.5 Å². The zero-order chi connectivity index (χ0) is 14.8. The summed E-state index contributed by atoms with van der Waals surface area (Å²) in [6, 6.07) is 6.96. The van der Waals surface area contributed by atoms with Crippen LogP contribution < -0.4 is 0 Å². The lowest BCUT2D eigenvalue weighted by atomic mass is 9.91. The first kappa shape index (κ1) is 14.4. The largest absolute Gasteiger partial charge is 0.395 e. The highest BCUT2D eigenvalue weighted by Gasteiger charge is 2.28. The van der Waals surface area contributed by atoms with Crippen LogP contribution in [0.4, 0.5) is 4.39 Å². The molecule has 0 spiro atoms. The smallest absolute Gasteiger partial charge is 0.124 e. The minimum absolute atomic E-state index is 0.153. The predicted molar refractivity (Wildman–Crippen MR) is 81.4 cm³/mol. The maximum absolute atomic E-state index is 13.8. The Morgan fingerprint density at radius 2 is 2.29 bits per heavy atom. The standard InChI is InChI=1S/C17H21FN2O/c1-12-4-3-7-20(16(12)11-21)10-14-9-15(18)8-13-5-2-6-19-17(13)14/h2,5-6,8-9,12,16,21H,3-4,7,10-11H2,1H3/t12-,16+/m0/s1. The van der Waals surface area contributed by atoms with Crippen molar-refractivity contribution in [2.24, 2.45) is 5.92 Å². The summed E-state index contributed by atoms with van der Waals surface area (Å²) in [5, 5.41) is 10.5. The van der Waals surface area contributed by atoms with Crippen LogP contribution >= 0.6 is 0 Å². The predicted octanol–water partition coefficient (Wildman–Crippen LogP) is 2.97. The Labute approximate surface area is 124 Å². The fourth-order valence-corrected chi connectivity index (χ4v) is 3.39. The third-order valence-electron chi connectivity index (χ3n) is 4.54. The van der Waals surface area contributed by atoms with Gasteiger partial charge in [-0.15, -0.1) is 0 Å². The summed E-state index contributed by atoms with van der Waals surface area (Å²) in [6.07, 6.45) is 4.01. The minimum Gasteiger partial charge on any atom is -0.395 e. The molecular formula is C17H21FN2O. The molecule has 0 bridgehead atoms. The molecule has 3 rings (SSSR count). The van der Waals surface area contributed by atoms with Crippen LogP contribution in [-0.2, 0) is 6.54 Å². The Morgan fingerprint density at radius 3 is 3.10 bits per heavy atom. The van der Waals surface area contributed by atoms with Gasteiger partial charge >= 0.3 is 0 Å². The Bertz CT molecular complexity index is 631. The van der Waals surface area contributed by atoms with Crippen molar-refractivity contribution < 1.29 is 9.50 Å². The van der Waals surface area contributed by atoms with Crippen molar-refractivity contribution in [2.75, 3.05) is 13.2 Å². The fraction of sp³-hybridized carbons (Fsp3) is 0.471. The van der Waals surface area contributed by atoms with E-state index >= 15 is 0 Å². The Balaban J connectivity index is 1.93. The number of aromatic nitrogens is 1. The molecule has 112 valence electrons. The van der Waals surface area contributed by atoms with Gasteiger partial charge in [0.25, 0.3) is 0 Å². The normalized spacial score (nSPS) is 23.6. The molecule has 2 aromatic rings. The van der Waals surface area contributed by atoms with Crippen LogP contribution in [-0.4, -0.2) is 34.2 Å². The van der Waals surface area contributed by atoms with Gasteiger partial charge in [0.1, 0.15) is 5.82 Å². The summed E-state index contributed by atoms with van der Waals surface area (Å²) in [6.45, 7) is 3.91. The highest BCUT2D eigenvalue weighted by Crippen LogP contribution is 2.27. The van der Waals surface area contributed by atoms with Crippen LogP contribution in [0.25, 0.3) is 10.9 Å². The minimum atomic E-state index is -0.226. The number of pyridine rings is 1. The van der Waals surface area contributed by atoms with Crippen molar-refractivity contribution in [3.63, 3.8) is 0 Å². The lowest BCUT2D eigenvalue weighted by Gasteiger charge is -2.39. The molecule has 1 fully saturated rings. The van der Waals surface area contributed by atoms with Crippen molar-refractivity contribution in [1.82, 2.24) is 9.88 Å². The van der Waals surface area contributed by atoms with E-state index in [1.807, 2.05) is 12.1 Å². The molecule has 2 atom stereocenters. The van der Waals surface area contributed by atoms with Gasteiger partial charge in [0, 0.05) is 24.2 Å². The molecule has 1 saturated heterocycles. The van der Waals surface area contributed by atoms with E-state index in [4.69, 9.17) is 0 Å². The van der Waals surface area contributed by atoms with Gasteiger partial charge in [-0.05, 0) is 49.1 Å². The van der Waals surface area contributed by atoms with Crippen LogP contribution in [0, 0.1) is 11.7 Å². The summed E-state index contributed by atoms with van der Waals surface area (Å²) in [5.74, 6) is 0.243. The number of fused-ring (bicyclic) bond motifs is 1. The molecule has 0 radical (unpaired) electrons. The van der Waals surface area contributed by atoms with Gasteiger partial charge in [-0.1, -0.05) is 13.0 Å². The molecular weight excluding hydrogens is 267 g/mol. The van der Waals surface area contributed by atoms with Gasteiger partial charge in [0.15, 0.2) is 0 Å². The Kier molecular flexibility index (Phi) is 4.17. The Hall–Kier alpha value is -1.52. The number of nitrogens with zero attached hydrogens (tertiary/aromatic N) is 2. The quantitative estimate of drug-likeness (QED) is 0.943. The van der Waals surface area contributed by atoms with Gasteiger partial charge in [-0.2, -0.15) is 0 Å².